The molecule has 0 amide bonds. The number of fused-ring (bicyclic) bond motifs is 1. The standard InChI is InChI=1S/C9H11N3/c1-5-3-11-9-7(5)8(10)6(2)4-12-9/h3-4H,1-2H3,(H3,10,11,12). The third kappa shape index (κ3) is 0.794. The Morgan fingerprint density at radius 3 is 2.83 bits per heavy atom. The molecule has 0 saturated carbocycles. The molecule has 12 heavy (non-hydrogen) atoms. The molecule has 2 rings (SSSR count). The van der Waals surface area contributed by atoms with E-state index in [1.54, 1.807) is 6.20 Å². The number of hydrogen-bond donors (Lipinski definition) is 2. The largest absolute Gasteiger partial charge is 0.398 e. The monoisotopic (exact) mass is 161 g/mol. The van der Waals surface area contributed by atoms with Gasteiger partial charge >= 0.3 is 0 Å². The quantitative estimate of drug-likeness (QED) is 0.618. The summed E-state index contributed by atoms with van der Waals surface area (Å²) in [6, 6.07) is 0. The van der Waals surface area contributed by atoms with Gasteiger partial charge in [0.1, 0.15) is 5.65 Å². The first-order chi connectivity index (χ1) is 5.70. The van der Waals surface area contributed by atoms with Gasteiger partial charge in [-0.1, -0.05) is 0 Å². The Morgan fingerprint density at radius 1 is 1.33 bits per heavy atom. The van der Waals surface area contributed by atoms with Crippen molar-refractivity contribution in [2.45, 2.75) is 13.8 Å². The maximum absolute atomic E-state index is 5.90. The highest BCUT2D eigenvalue weighted by Crippen LogP contribution is 2.24. The third-order valence-electron chi connectivity index (χ3n) is 2.14. The highest BCUT2D eigenvalue weighted by atomic mass is 14.8. The summed E-state index contributed by atoms with van der Waals surface area (Å²) in [4.78, 5) is 7.29. The van der Waals surface area contributed by atoms with Crippen molar-refractivity contribution in [3.8, 4) is 0 Å². The average Bonchev–Trinajstić information content (AvgIpc) is 2.41. The first-order valence-corrected chi connectivity index (χ1v) is 3.89. The van der Waals surface area contributed by atoms with Gasteiger partial charge in [-0.2, -0.15) is 0 Å². The number of nitrogen functional groups attached to an aromatic ring is 1. The van der Waals surface area contributed by atoms with E-state index < -0.39 is 0 Å². The van der Waals surface area contributed by atoms with Gasteiger partial charge in [0.25, 0.3) is 0 Å². The predicted molar refractivity (Wildman–Crippen MR) is 50.0 cm³/mol. The van der Waals surface area contributed by atoms with Crippen molar-refractivity contribution in [3.63, 3.8) is 0 Å². The van der Waals surface area contributed by atoms with Crippen molar-refractivity contribution in [3.05, 3.63) is 23.5 Å². The van der Waals surface area contributed by atoms with Gasteiger partial charge in [0.15, 0.2) is 0 Å². The number of aromatic nitrogens is 2. The Morgan fingerprint density at radius 2 is 2.08 bits per heavy atom. The molecule has 0 aromatic carbocycles. The van der Waals surface area contributed by atoms with Crippen LogP contribution >= 0.6 is 0 Å². The third-order valence-corrected chi connectivity index (χ3v) is 2.14. The highest BCUT2D eigenvalue weighted by molar-refractivity contribution is 5.92. The first kappa shape index (κ1) is 7.16. The van der Waals surface area contributed by atoms with Crippen LogP contribution in [-0.2, 0) is 0 Å². The maximum Gasteiger partial charge on any atom is 0.139 e. The molecule has 0 unspecified atom stereocenters. The van der Waals surface area contributed by atoms with Crippen LogP contribution in [-0.4, -0.2) is 9.97 Å². The molecule has 0 spiro atoms. The number of hydrogen-bond acceptors (Lipinski definition) is 2. The number of aromatic amines is 1. The molecule has 3 nitrogen and oxygen atoms in total. The first-order valence-electron chi connectivity index (χ1n) is 3.89. The van der Waals surface area contributed by atoms with Crippen LogP contribution < -0.4 is 5.73 Å². The van der Waals surface area contributed by atoms with Crippen LogP contribution in [0.3, 0.4) is 0 Å². The summed E-state index contributed by atoms with van der Waals surface area (Å²) in [5.74, 6) is 0. The Kier molecular flexibility index (Phi) is 1.33. The normalized spacial score (nSPS) is 10.8. The van der Waals surface area contributed by atoms with Gasteiger partial charge in [0, 0.05) is 23.5 Å². The van der Waals surface area contributed by atoms with Gasteiger partial charge in [-0.05, 0) is 25.0 Å². The molecule has 2 aromatic heterocycles. The minimum Gasteiger partial charge on any atom is -0.398 e. The van der Waals surface area contributed by atoms with Gasteiger partial charge in [0.05, 0.1) is 0 Å². The summed E-state index contributed by atoms with van der Waals surface area (Å²) in [5, 5.41) is 1.05. The molecule has 0 saturated heterocycles. The van der Waals surface area contributed by atoms with Crippen molar-refractivity contribution in [1.29, 1.82) is 0 Å². The summed E-state index contributed by atoms with van der Waals surface area (Å²) >= 11 is 0. The van der Waals surface area contributed by atoms with Crippen LogP contribution in [0.2, 0.25) is 0 Å². The van der Waals surface area contributed by atoms with Gasteiger partial charge in [0.2, 0.25) is 0 Å². The highest BCUT2D eigenvalue weighted by Gasteiger charge is 2.05. The zero-order valence-corrected chi connectivity index (χ0v) is 7.18. The lowest BCUT2D eigenvalue weighted by Gasteiger charge is -2.00. The van der Waals surface area contributed by atoms with E-state index >= 15 is 0 Å². The van der Waals surface area contributed by atoms with Crippen molar-refractivity contribution in [2.75, 3.05) is 5.73 Å². The summed E-state index contributed by atoms with van der Waals surface area (Å²) in [7, 11) is 0. The van der Waals surface area contributed by atoms with E-state index in [1.165, 1.54) is 0 Å². The number of nitrogens with two attached hydrogens (primary N) is 1. The Balaban J connectivity index is 2.96. The van der Waals surface area contributed by atoms with E-state index in [0.717, 1.165) is 27.8 Å². The van der Waals surface area contributed by atoms with Gasteiger partial charge in [-0.3, -0.25) is 0 Å². The predicted octanol–water partition coefficient (Wildman–Crippen LogP) is 1.76. The zero-order valence-electron chi connectivity index (χ0n) is 7.18. The Bertz CT molecular complexity index is 429. The number of rotatable bonds is 0. The van der Waals surface area contributed by atoms with Crippen LogP contribution in [0, 0.1) is 13.8 Å². The van der Waals surface area contributed by atoms with Gasteiger partial charge in [-0.15, -0.1) is 0 Å². The van der Waals surface area contributed by atoms with Crippen LogP contribution in [0.1, 0.15) is 11.1 Å². The van der Waals surface area contributed by atoms with Crippen LogP contribution in [0.15, 0.2) is 12.4 Å². The summed E-state index contributed by atoms with van der Waals surface area (Å²) in [5.41, 5.74) is 9.79. The van der Waals surface area contributed by atoms with E-state index in [-0.39, 0.29) is 0 Å². The molecule has 0 fully saturated rings. The fraction of sp³-hybridized carbons (Fsp3) is 0.222. The lowest BCUT2D eigenvalue weighted by atomic mass is 10.1. The van der Waals surface area contributed by atoms with Gasteiger partial charge < -0.3 is 10.7 Å². The fourth-order valence-corrected chi connectivity index (χ4v) is 1.38. The molecule has 2 aromatic rings. The van der Waals surface area contributed by atoms with E-state index in [0.29, 0.717) is 0 Å². The van der Waals surface area contributed by atoms with E-state index in [4.69, 9.17) is 5.73 Å². The van der Waals surface area contributed by atoms with Gasteiger partial charge in [-0.25, -0.2) is 4.98 Å². The smallest absolute Gasteiger partial charge is 0.139 e. The van der Waals surface area contributed by atoms with Crippen molar-refractivity contribution in [1.82, 2.24) is 9.97 Å². The molecule has 3 heteroatoms. The average molecular weight is 161 g/mol. The molecule has 0 aliphatic carbocycles. The van der Waals surface area contributed by atoms with E-state index in [2.05, 4.69) is 9.97 Å². The molecule has 0 atom stereocenters. The summed E-state index contributed by atoms with van der Waals surface area (Å²) in [6.07, 6.45) is 3.71. The topological polar surface area (TPSA) is 54.7 Å². The molecule has 0 aliphatic rings. The number of aryl methyl sites for hydroxylation is 2. The summed E-state index contributed by atoms with van der Waals surface area (Å²) < 4.78 is 0. The number of nitrogens with zero attached hydrogens (tertiary/aromatic N) is 1. The fourth-order valence-electron chi connectivity index (χ4n) is 1.38. The Hall–Kier alpha value is -1.51. The molecule has 3 N–H and O–H groups in total. The minimum absolute atomic E-state index is 0.832. The number of pyridine rings is 1. The molecular formula is C9H11N3. The van der Waals surface area contributed by atoms with Crippen molar-refractivity contribution in [2.24, 2.45) is 0 Å². The van der Waals surface area contributed by atoms with Crippen LogP contribution in [0.25, 0.3) is 11.0 Å². The zero-order chi connectivity index (χ0) is 8.72. The minimum atomic E-state index is 0.832. The maximum atomic E-state index is 5.90. The second-order valence-corrected chi connectivity index (χ2v) is 3.05. The molecule has 0 radical (unpaired) electrons. The molecule has 62 valence electrons. The molecular weight excluding hydrogens is 150 g/mol. The number of H-pyrrole nitrogens is 1. The van der Waals surface area contributed by atoms with Crippen LogP contribution in [0.5, 0.6) is 0 Å². The van der Waals surface area contributed by atoms with E-state index in [9.17, 15) is 0 Å². The lowest BCUT2D eigenvalue weighted by molar-refractivity contribution is 1.29. The summed E-state index contributed by atoms with van der Waals surface area (Å²) in [6.45, 7) is 3.99. The SMILES string of the molecule is Cc1cnc2[nH]cc(C)c2c1N. The second-order valence-electron chi connectivity index (χ2n) is 3.05. The molecule has 2 heterocycles. The lowest BCUT2D eigenvalue weighted by Crippen LogP contribution is -1.92. The second kappa shape index (κ2) is 2.24. The Labute approximate surface area is 70.6 Å². The molecule has 0 bridgehead atoms. The number of anilines is 1. The van der Waals surface area contributed by atoms with Crippen LogP contribution in [0.4, 0.5) is 5.69 Å². The number of nitrogens with one attached hydrogen (secondary N) is 1. The van der Waals surface area contributed by atoms with Crippen molar-refractivity contribution >= 4 is 16.7 Å². The van der Waals surface area contributed by atoms with E-state index in [1.807, 2.05) is 20.0 Å². The van der Waals surface area contributed by atoms with Crippen molar-refractivity contribution < 1.29 is 0 Å². The molecule has 0 aliphatic heterocycles.